The molecule has 6 nitrogen and oxygen atoms in total. The first-order valence-corrected chi connectivity index (χ1v) is 10.5. The number of ether oxygens (including phenoxy) is 3. The van der Waals surface area contributed by atoms with Crippen molar-refractivity contribution in [3.63, 3.8) is 0 Å². The van der Waals surface area contributed by atoms with Crippen molar-refractivity contribution in [2.75, 3.05) is 21.3 Å². The zero-order valence-electron chi connectivity index (χ0n) is 17.3. The Labute approximate surface area is 183 Å². The zero-order valence-corrected chi connectivity index (χ0v) is 18.1. The molecule has 3 aromatic rings. The van der Waals surface area contributed by atoms with E-state index >= 15 is 0 Å². The van der Waals surface area contributed by atoms with Crippen molar-refractivity contribution in [3.8, 4) is 0 Å². The molecule has 158 valence electrons. The lowest BCUT2D eigenvalue weighted by Crippen LogP contribution is -2.10. The minimum Gasteiger partial charge on any atom is -0.465 e. The van der Waals surface area contributed by atoms with Gasteiger partial charge in [-0.25, -0.2) is 14.4 Å². The van der Waals surface area contributed by atoms with Crippen LogP contribution in [0.15, 0.2) is 87.5 Å². The monoisotopic (exact) mass is 437 g/mol. The fourth-order valence-electron chi connectivity index (χ4n) is 3.01. The molecule has 0 heterocycles. The third kappa shape index (κ3) is 4.95. The fourth-order valence-corrected chi connectivity index (χ4v) is 5.21. The molecule has 0 aliphatic carbocycles. The van der Waals surface area contributed by atoms with Gasteiger partial charge in [0.15, 0.2) is 14.7 Å². The van der Waals surface area contributed by atoms with Crippen LogP contribution in [-0.4, -0.2) is 39.2 Å². The lowest BCUT2D eigenvalue weighted by atomic mass is 10.2. The van der Waals surface area contributed by atoms with Crippen LogP contribution in [0, 0.1) is 0 Å². The summed E-state index contributed by atoms with van der Waals surface area (Å²) in [5.74, 6) is -1.34. The first-order chi connectivity index (χ1) is 15.0. The van der Waals surface area contributed by atoms with Crippen LogP contribution in [0.1, 0.15) is 31.1 Å². The third-order valence-electron chi connectivity index (χ3n) is 4.47. The molecule has 7 heteroatoms. The molecule has 0 aromatic heterocycles. The van der Waals surface area contributed by atoms with Crippen molar-refractivity contribution >= 4 is 28.8 Å². The average Bonchev–Trinajstić information content (AvgIpc) is 2.83. The van der Waals surface area contributed by atoms with E-state index < -0.39 is 28.8 Å². The summed E-state index contributed by atoms with van der Waals surface area (Å²) in [6.07, 6.45) is 0. The molecule has 0 unspecified atom stereocenters. The van der Waals surface area contributed by atoms with Gasteiger partial charge in [-0.05, 0) is 36.4 Å². The highest BCUT2D eigenvalue weighted by Gasteiger charge is 2.31. The number of methoxy groups -OCH3 is 3. The quantitative estimate of drug-likeness (QED) is 0.328. The standard InChI is InChI=1S/C24H21O6S/c1-28-22(25)16-7-4-10-19(13-16)31(20-11-5-8-17(14-20)23(26)29-2)21-12-6-9-18(15-21)24(27)30-3/h4-15H,1-3H3/q+1. The van der Waals surface area contributed by atoms with E-state index in [1.54, 1.807) is 54.6 Å². The van der Waals surface area contributed by atoms with Gasteiger partial charge in [0.1, 0.15) is 0 Å². The highest BCUT2D eigenvalue weighted by atomic mass is 32.2. The second-order valence-corrected chi connectivity index (χ2v) is 8.39. The Morgan fingerprint density at radius 1 is 0.548 bits per heavy atom. The Balaban J connectivity index is 2.20. The number of hydrogen-bond acceptors (Lipinski definition) is 6. The SMILES string of the molecule is COC(=O)c1cccc([S+](c2cccc(C(=O)OC)c2)c2cccc(C(=O)OC)c2)c1. The number of hydrogen-bond donors (Lipinski definition) is 0. The van der Waals surface area contributed by atoms with Gasteiger partial charge in [0.2, 0.25) is 0 Å². The van der Waals surface area contributed by atoms with Crippen LogP contribution in [0.5, 0.6) is 0 Å². The predicted molar refractivity (Wildman–Crippen MR) is 116 cm³/mol. The van der Waals surface area contributed by atoms with E-state index in [1.807, 2.05) is 18.2 Å². The van der Waals surface area contributed by atoms with Crippen LogP contribution in [0.2, 0.25) is 0 Å². The highest BCUT2D eigenvalue weighted by Crippen LogP contribution is 2.33. The van der Waals surface area contributed by atoms with Gasteiger partial charge in [-0.3, -0.25) is 0 Å². The second-order valence-electron chi connectivity index (χ2n) is 6.36. The van der Waals surface area contributed by atoms with Gasteiger partial charge in [0.25, 0.3) is 0 Å². The molecule has 0 atom stereocenters. The van der Waals surface area contributed by atoms with E-state index in [9.17, 15) is 14.4 Å². The van der Waals surface area contributed by atoms with Crippen LogP contribution in [0.3, 0.4) is 0 Å². The molecule has 0 N–H and O–H groups in total. The number of carbonyl (C=O) groups excluding carboxylic acids is 3. The van der Waals surface area contributed by atoms with Crippen molar-refractivity contribution in [2.45, 2.75) is 14.7 Å². The summed E-state index contributed by atoms with van der Waals surface area (Å²) in [5.41, 5.74) is 1.22. The number of esters is 3. The van der Waals surface area contributed by atoms with Gasteiger partial charge < -0.3 is 14.2 Å². The van der Waals surface area contributed by atoms with Gasteiger partial charge in [-0.1, -0.05) is 18.2 Å². The molecule has 0 spiro atoms. The minimum absolute atomic E-state index is 0.408. The van der Waals surface area contributed by atoms with Gasteiger partial charge in [0.05, 0.1) is 48.9 Å². The van der Waals surface area contributed by atoms with E-state index in [0.29, 0.717) is 16.7 Å². The van der Waals surface area contributed by atoms with E-state index in [4.69, 9.17) is 14.2 Å². The normalized spacial score (nSPS) is 10.5. The Bertz CT molecular complexity index is 983. The Morgan fingerprint density at radius 3 is 1.10 bits per heavy atom. The van der Waals surface area contributed by atoms with Crippen molar-refractivity contribution < 1.29 is 28.6 Å². The summed E-state index contributed by atoms with van der Waals surface area (Å²) >= 11 is 0. The lowest BCUT2D eigenvalue weighted by molar-refractivity contribution is 0.0591. The fraction of sp³-hybridized carbons (Fsp3) is 0.125. The topological polar surface area (TPSA) is 78.9 Å². The number of rotatable bonds is 6. The van der Waals surface area contributed by atoms with Crippen LogP contribution < -0.4 is 0 Å². The molecule has 0 bridgehead atoms. The van der Waals surface area contributed by atoms with Crippen LogP contribution >= 0.6 is 0 Å². The molecule has 3 rings (SSSR count). The van der Waals surface area contributed by atoms with E-state index in [1.165, 1.54) is 21.3 Å². The van der Waals surface area contributed by atoms with E-state index in [2.05, 4.69) is 0 Å². The van der Waals surface area contributed by atoms with Gasteiger partial charge in [-0.2, -0.15) is 0 Å². The Kier molecular flexibility index (Phi) is 7.10. The maximum absolute atomic E-state index is 12.1. The van der Waals surface area contributed by atoms with Crippen LogP contribution in [0.4, 0.5) is 0 Å². The summed E-state index contributed by atoms with van der Waals surface area (Å²) in [4.78, 5) is 38.7. The third-order valence-corrected chi connectivity index (χ3v) is 6.65. The molecule has 3 aromatic carbocycles. The first kappa shape index (κ1) is 22.1. The van der Waals surface area contributed by atoms with Crippen molar-refractivity contribution in [1.29, 1.82) is 0 Å². The minimum atomic E-state index is -0.724. The Hall–Kier alpha value is -3.58. The molecule has 0 fully saturated rings. The molecule has 0 aliphatic heterocycles. The van der Waals surface area contributed by atoms with E-state index in [0.717, 1.165) is 14.7 Å². The largest absolute Gasteiger partial charge is 0.465 e. The molecule has 0 saturated heterocycles. The molecular weight excluding hydrogens is 416 g/mol. The molecule has 31 heavy (non-hydrogen) atoms. The predicted octanol–water partition coefficient (Wildman–Crippen LogP) is 4.14. The zero-order chi connectivity index (χ0) is 22.4. The summed E-state index contributed by atoms with van der Waals surface area (Å²) in [7, 11) is 3.26. The van der Waals surface area contributed by atoms with Crippen molar-refractivity contribution in [3.05, 3.63) is 89.5 Å². The van der Waals surface area contributed by atoms with Gasteiger partial charge >= 0.3 is 17.9 Å². The summed E-state index contributed by atoms with van der Waals surface area (Å²) < 4.78 is 14.6. The maximum atomic E-state index is 12.1. The highest BCUT2D eigenvalue weighted by molar-refractivity contribution is 7.97. The maximum Gasteiger partial charge on any atom is 0.338 e. The molecule has 0 saturated carbocycles. The second kappa shape index (κ2) is 9.95. The summed E-state index contributed by atoms with van der Waals surface area (Å²) in [6.45, 7) is 0. The van der Waals surface area contributed by atoms with Crippen molar-refractivity contribution in [2.24, 2.45) is 0 Å². The van der Waals surface area contributed by atoms with E-state index in [-0.39, 0.29) is 0 Å². The average molecular weight is 437 g/mol. The smallest absolute Gasteiger partial charge is 0.338 e. The molecule has 0 radical (unpaired) electrons. The molecular formula is C24H21O6S+. The summed E-state index contributed by atoms with van der Waals surface area (Å²) in [6, 6.07) is 21.3. The van der Waals surface area contributed by atoms with Crippen LogP contribution in [-0.2, 0) is 25.1 Å². The van der Waals surface area contributed by atoms with Gasteiger partial charge in [0, 0.05) is 18.2 Å². The van der Waals surface area contributed by atoms with Crippen molar-refractivity contribution in [1.82, 2.24) is 0 Å². The molecule has 0 aliphatic rings. The Morgan fingerprint density at radius 2 is 0.839 bits per heavy atom. The summed E-state index contributed by atoms with van der Waals surface area (Å²) in [5, 5.41) is 0. The van der Waals surface area contributed by atoms with Crippen LogP contribution in [0.25, 0.3) is 0 Å². The first-order valence-electron chi connectivity index (χ1n) is 9.28. The number of carbonyl (C=O) groups is 3. The van der Waals surface area contributed by atoms with Gasteiger partial charge in [-0.15, -0.1) is 0 Å². The molecule has 0 amide bonds. The lowest BCUT2D eigenvalue weighted by Gasteiger charge is -2.11. The number of benzene rings is 3.